The lowest BCUT2D eigenvalue weighted by molar-refractivity contribution is 0.0969. The zero-order valence-electron chi connectivity index (χ0n) is 8.59. The van der Waals surface area contributed by atoms with Crippen LogP contribution in [0.5, 0.6) is 5.75 Å². The number of rotatable bonds is 1. The number of hydrogen-bond donors (Lipinski definition) is 0. The fraction of sp³-hybridized carbons (Fsp3) is 0.417. The summed E-state index contributed by atoms with van der Waals surface area (Å²) in [5.74, 6) is 0.999. The van der Waals surface area contributed by atoms with Crippen LogP contribution in [0.3, 0.4) is 0 Å². The van der Waals surface area contributed by atoms with E-state index in [1.165, 1.54) is 0 Å². The van der Waals surface area contributed by atoms with Crippen molar-refractivity contribution in [3.8, 4) is 5.75 Å². The van der Waals surface area contributed by atoms with Gasteiger partial charge in [-0.3, -0.25) is 4.79 Å². The van der Waals surface area contributed by atoms with Crippen LogP contribution in [-0.2, 0) is 6.42 Å². The maximum absolute atomic E-state index is 11.7. The summed E-state index contributed by atoms with van der Waals surface area (Å²) in [7, 11) is 1.63. The highest BCUT2D eigenvalue weighted by Gasteiger charge is 2.22. The van der Waals surface area contributed by atoms with Crippen molar-refractivity contribution in [2.75, 3.05) is 7.11 Å². The quantitative estimate of drug-likeness (QED) is 0.680. The second-order valence-electron chi connectivity index (χ2n) is 3.73. The van der Waals surface area contributed by atoms with Crippen molar-refractivity contribution in [3.05, 3.63) is 28.8 Å². The van der Waals surface area contributed by atoms with Crippen LogP contribution in [0.15, 0.2) is 12.1 Å². The van der Waals surface area contributed by atoms with Crippen molar-refractivity contribution in [2.45, 2.75) is 26.2 Å². The summed E-state index contributed by atoms with van der Waals surface area (Å²) >= 11 is 0. The minimum Gasteiger partial charge on any atom is -0.496 e. The molecule has 0 heterocycles. The van der Waals surface area contributed by atoms with Gasteiger partial charge in [-0.05, 0) is 30.9 Å². The van der Waals surface area contributed by atoms with Crippen molar-refractivity contribution in [1.82, 2.24) is 0 Å². The molecule has 0 saturated carbocycles. The number of aryl methyl sites for hydroxylation is 2. The van der Waals surface area contributed by atoms with E-state index in [2.05, 4.69) is 0 Å². The zero-order chi connectivity index (χ0) is 10.1. The highest BCUT2D eigenvalue weighted by molar-refractivity contribution is 6.01. The highest BCUT2D eigenvalue weighted by Crippen LogP contribution is 2.32. The van der Waals surface area contributed by atoms with E-state index in [0.29, 0.717) is 6.42 Å². The van der Waals surface area contributed by atoms with Crippen LogP contribution in [-0.4, -0.2) is 12.9 Å². The van der Waals surface area contributed by atoms with Crippen molar-refractivity contribution in [2.24, 2.45) is 0 Å². The van der Waals surface area contributed by atoms with Gasteiger partial charge in [0.15, 0.2) is 5.78 Å². The summed E-state index contributed by atoms with van der Waals surface area (Å²) < 4.78 is 5.29. The largest absolute Gasteiger partial charge is 0.496 e. The molecule has 0 amide bonds. The first-order valence-electron chi connectivity index (χ1n) is 4.93. The Kier molecular flexibility index (Phi) is 2.28. The van der Waals surface area contributed by atoms with Crippen LogP contribution in [0.1, 0.15) is 34.3 Å². The first-order valence-corrected chi connectivity index (χ1v) is 4.93. The molecular weight excluding hydrogens is 176 g/mol. The average Bonchev–Trinajstić information content (AvgIpc) is 2.19. The number of methoxy groups -OCH3 is 1. The molecule has 74 valence electrons. The van der Waals surface area contributed by atoms with Gasteiger partial charge in [-0.25, -0.2) is 0 Å². The van der Waals surface area contributed by atoms with Gasteiger partial charge in [-0.1, -0.05) is 12.1 Å². The number of Topliss-reactive ketones (excluding diaryl/α,β-unsaturated/α-hetero) is 1. The van der Waals surface area contributed by atoms with E-state index < -0.39 is 0 Å². The molecule has 0 radical (unpaired) electrons. The number of hydrogen-bond acceptors (Lipinski definition) is 2. The molecule has 0 unspecified atom stereocenters. The Balaban J connectivity index is 2.63. The van der Waals surface area contributed by atoms with Crippen molar-refractivity contribution < 1.29 is 9.53 Å². The Morgan fingerprint density at radius 3 is 2.79 bits per heavy atom. The molecule has 1 aliphatic carbocycles. The summed E-state index contributed by atoms with van der Waals surface area (Å²) in [6, 6.07) is 4.07. The van der Waals surface area contributed by atoms with Crippen LogP contribution >= 0.6 is 0 Å². The average molecular weight is 190 g/mol. The van der Waals surface area contributed by atoms with Gasteiger partial charge in [0.05, 0.1) is 12.7 Å². The third-order valence-corrected chi connectivity index (χ3v) is 2.77. The van der Waals surface area contributed by atoms with Gasteiger partial charge < -0.3 is 4.74 Å². The van der Waals surface area contributed by atoms with Crippen molar-refractivity contribution in [3.63, 3.8) is 0 Å². The van der Waals surface area contributed by atoms with Gasteiger partial charge in [0, 0.05) is 6.42 Å². The molecule has 2 nitrogen and oxygen atoms in total. The van der Waals surface area contributed by atoms with Gasteiger partial charge in [0.1, 0.15) is 5.75 Å². The lowest BCUT2D eigenvalue weighted by Gasteiger charge is -2.18. The SMILES string of the molecule is COc1c(C)ccc2c1C(=O)CCC2. The maximum Gasteiger partial charge on any atom is 0.166 e. The third kappa shape index (κ3) is 1.31. The molecule has 0 aromatic heterocycles. The molecular formula is C12H14O2. The lowest BCUT2D eigenvalue weighted by Crippen LogP contribution is -2.13. The van der Waals surface area contributed by atoms with Crippen molar-refractivity contribution >= 4 is 5.78 Å². The summed E-state index contributed by atoms with van der Waals surface area (Å²) in [6.45, 7) is 1.97. The molecule has 0 saturated heterocycles. The summed E-state index contributed by atoms with van der Waals surface area (Å²) in [6.07, 6.45) is 2.63. The molecule has 1 aromatic rings. The molecule has 0 bridgehead atoms. The van der Waals surface area contributed by atoms with Crippen LogP contribution < -0.4 is 4.74 Å². The van der Waals surface area contributed by atoms with E-state index in [4.69, 9.17) is 4.74 Å². The fourth-order valence-electron chi connectivity index (χ4n) is 2.07. The van der Waals surface area contributed by atoms with Gasteiger partial charge >= 0.3 is 0 Å². The first kappa shape index (κ1) is 9.25. The predicted octanol–water partition coefficient (Wildman–Crippen LogP) is 2.52. The monoisotopic (exact) mass is 190 g/mol. The van der Waals surface area contributed by atoms with E-state index in [0.717, 1.165) is 35.3 Å². The number of ketones is 1. The Morgan fingerprint density at radius 1 is 1.29 bits per heavy atom. The summed E-state index contributed by atoms with van der Waals surface area (Å²) in [5.41, 5.74) is 3.00. The normalized spacial score (nSPS) is 15.1. The van der Waals surface area contributed by atoms with Gasteiger partial charge in [-0.2, -0.15) is 0 Å². The molecule has 2 heteroatoms. The van der Waals surface area contributed by atoms with Crippen LogP contribution in [0, 0.1) is 6.92 Å². The molecule has 1 aliphatic rings. The topological polar surface area (TPSA) is 26.3 Å². The van der Waals surface area contributed by atoms with E-state index in [-0.39, 0.29) is 5.78 Å². The zero-order valence-corrected chi connectivity index (χ0v) is 8.59. The highest BCUT2D eigenvalue weighted by atomic mass is 16.5. The standard InChI is InChI=1S/C12H14O2/c1-8-6-7-9-4-3-5-10(13)11(9)12(8)14-2/h6-7H,3-5H2,1-2H3. The number of ether oxygens (including phenoxy) is 1. The summed E-state index contributed by atoms with van der Waals surface area (Å²) in [5, 5.41) is 0. The molecule has 0 spiro atoms. The molecule has 0 aliphatic heterocycles. The number of fused-ring (bicyclic) bond motifs is 1. The van der Waals surface area contributed by atoms with Crippen molar-refractivity contribution in [1.29, 1.82) is 0 Å². The number of benzene rings is 1. The second kappa shape index (κ2) is 3.45. The third-order valence-electron chi connectivity index (χ3n) is 2.77. The summed E-state index contributed by atoms with van der Waals surface area (Å²) in [4.78, 5) is 11.7. The predicted molar refractivity (Wildman–Crippen MR) is 55.0 cm³/mol. The van der Waals surface area contributed by atoms with Gasteiger partial charge in [0.2, 0.25) is 0 Å². The number of carbonyl (C=O) groups is 1. The van der Waals surface area contributed by atoms with Crippen LogP contribution in [0.4, 0.5) is 0 Å². The molecule has 1 aromatic carbocycles. The minimum absolute atomic E-state index is 0.229. The Hall–Kier alpha value is -1.31. The Morgan fingerprint density at radius 2 is 2.07 bits per heavy atom. The molecule has 0 atom stereocenters. The smallest absolute Gasteiger partial charge is 0.166 e. The van der Waals surface area contributed by atoms with E-state index >= 15 is 0 Å². The second-order valence-corrected chi connectivity index (χ2v) is 3.73. The van der Waals surface area contributed by atoms with E-state index in [1.807, 2.05) is 19.1 Å². The molecule has 14 heavy (non-hydrogen) atoms. The Labute approximate surface area is 83.9 Å². The molecule has 0 N–H and O–H groups in total. The van der Waals surface area contributed by atoms with E-state index in [9.17, 15) is 4.79 Å². The van der Waals surface area contributed by atoms with Gasteiger partial charge in [-0.15, -0.1) is 0 Å². The maximum atomic E-state index is 11.7. The fourth-order valence-corrected chi connectivity index (χ4v) is 2.07. The minimum atomic E-state index is 0.229. The molecule has 2 rings (SSSR count). The van der Waals surface area contributed by atoms with E-state index in [1.54, 1.807) is 7.11 Å². The Bertz CT molecular complexity index is 380. The lowest BCUT2D eigenvalue weighted by atomic mass is 9.88. The van der Waals surface area contributed by atoms with Gasteiger partial charge in [0.25, 0.3) is 0 Å². The van der Waals surface area contributed by atoms with Crippen LogP contribution in [0.25, 0.3) is 0 Å². The molecule has 0 fully saturated rings. The first-order chi connectivity index (χ1) is 6.74. The number of carbonyl (C=O) groups excluding carboxylic acids is 1. The van der Waals surface area contributed by atoms with Crippen LogP contribution in [0.2, 0.25) is 0 Å².